The highest BCUT2D eigenvalue weighted by Crippen LogP contribution is 2.11. The van der Waals surface area contributed by atoms with Crippen molar-refractivity contribution in [2.24, 2.45) is 5.92 Å². The first-order chi connectivity index (χ1) is 4.33. The van der Waals surface area contributed by atoms with E-state index < -0.39 is 0 Å². The molecule has 1 fully saturated rings. The van der Waals surface area contributed by atoms with Crippen LogP contribution in [0.1, 0.15) is 6.42 Å². The van der Waals surface area contributed by atoms with Crippen molar-refractivity contribution in [3.8, 4) is 6.07 Å². The van der Waals surface area contributed by atoms with Crippen molar-refractivity contribution < 1.29 is 0 Å². The molecule has 0 spiro atoms. The Morgan fingerprint density at radius 3 is 3.00 bits per heavy atom. The Morgan fingerprint density at radius 1 is 1.78 bits per heavy atom. The number of hydrogen-bond donors (Lipinski definition) is 1. The quantitative estimate of drug-likeness (QED) is 0.479. The molecule has 0 amide bonds. The minimum Gasteiger partial charge on any atom is -0.312 e. The minimum atomic E-state index is 0.159. The highest BCUT2D eigenvalue weighted by molar-refractivity contribution is 5.06. The van der Waals surface area contributed by atoms with Gasteiger partial charge in [0.05, 0.1) is 12.0 Å². The van der Waals surface area contributed by atoms with Crippen LogP contribution in [-0.2, 0) is 0 Å². The van der Waals surface area contributed by atoms with E-state index in [0.29, 0.717) is 0 Å². The topological polar surface area (TPSA) is 35.8 Å². The van der Waals surface area contributed by atoms with Crippen LogP contribution in [0.3, 0.4) is 0 Å². The molecule has 1 heterocycles. The molecule has 0 saturated carbocycles. The lowest BCUT2D eigenvalue weighted by atomic mass is 9.98. The van der Waals surface area contributed by atoms with Gasteiger partial charge in [0.1, 0.15) is 0 Å². The van der Waals surface area contributed by atoms with Crippen molar-refractivity contribution in [3.05, 3.63) is 12.2 Å². The molecule has 0 aromatic carbocycles. The third-order valence-corrected chi connectivity index (χ3v) is 1.48. The number of piperidine rings is 1. The summed E-state index contributed by atoms with van der Waals surface area (Å²) in [6.45, 7) is 5.51. The van der Waals surface area contributed by atoms with Gasteiger partial charge in [0.25, 0.3) is 0 Å². The SMILES string of the molecule is C=C1CNCC(C#N)C1. The van der Waals surface area contributed by atoms with Crippen molar-refractivity contribution in [2.45, 2.75) is 6.42 Å². The number of hydrogen-bond acceptors (Lipinski definition) is 2. The number of nitrogens with one attached hydrogen (secondary N) is 1. The van der Waals surface area contributed by atoms with Crippen LogP contribution in [0, 0.1) is 17.2 Å². The summed E-state index contributed by atoms with van der Waals surface area (Å²) < 4.78 is 0. The molecule has 48 valence electrons. The zero-order valence-corrected chi connectivity index (χ0v) is 5.35. The first-order valence-electron chi connectivity index (χ1n) is 3.10. The predicted octanol–water partition coefficient (Wildman–Crippen LogP) is 0.676. The fraction of sp³-hybridized carbons (Fsp3) is 0.571. The summed E-state index contributed by atoms with van der Waals surface area (Å²) in [5, 5.41) is 11.6. The van der Waals surface area contributed by atoms with E-state index in [1.54, 1.807) is 0 Å². The van der Waals surface area contributed by atoms with E-state index in [1.807, 2.05) is 0 Å². The summed E-state index contributed by atoms with van der Waals surface area (Å²) in [6.07, 6.45) is 0.878. The maximum atomic E-state index is 8.48. The summed E-state index contributed by atoms with van der Waals surface area (Å²) in [6, 6.07) is 2.21. The molecular weight excluding hydrogens is 112 g/mol. The standard InChI is InChI=1S/C7H10N2/c1-6-2-7(3-8)5-9-4-6/h7,9H,1-2,4-5H2. The van der Waals surface area contributed by atoms with Crippen molar-refractivity contribution in [1.82, 2.24) is 5.32 Å². The monoisotopic (exact) mass is 122 g/mol. The van der Waals surface area contributed by atoms with Crippen LogP contribution in [-0.4, -0.2) is 13.1 Å². The van der Waals surface area contributed by atoms with Crippen LogP contribution in [0.25, 0.3) is 0 Å². The molecule has 1 N–H and O–H groups in total. The molecule has 0 aromatic rings. The van der Waals surface area contributed by atoms with Crippen LogP contribution in [0.5, 0.6) is 0 Å². The Hall–Kier alpha value is -0.810. The highest BCUT2D eigenvalue weighted by Gasteiger charge is 2.13. The summed E-state index contributed by atoms with van der Waals surface area (Å²) >= 11 is 0. The third-order valence-electron chi connectivity index (χ3n) is 1.48. The Kier molecular flexibility index (Phi) is 1.86. The molecule has 1 saturated heterocycles. The molecule has 1 atom stereocenters. The van der Waals surface area contributed by atoms with Gasteiger partial charge in [-0.1, -0.05) is 12.2 Å². The largest absolute Gasteiger partial charge is 0.312 e. The second-order valence-electron chi connectivity index (χ2n) is 2.41. The number of nitriles is 1. The van der Waals surface area contributed by atoms with Crippen LogP contribution in [0.2, 0.25) is 0 Å². The van der Waals surface area contributed by atoms with Gasteiger partial charge in [-0.2, -0.15) is 5.26 Å². The molecule has 2 heteroatoms. The fourth-order valence-corrected chi connectivity index (χ4v) is 1.01. The molecule has 0 bridgehead atoms. The lowest BCUT2D eigenvalue weighted by molar-refractivity contribution is 0.522. The van der Waals surface area contributed by atoms with E-state index in [4.69, 9.17) is 5.26 Å². The van der Waals surface area contributed by atoms with Crippen LogP contribution < -0.4 is 5.32 Å². The molecule has 1 aliphatic rings. The molecule has 1 aliphatic heterocycles. The Labute approximate surface area is 55.2 Å². The summed E-state index contributed by atoms with van der Waals surface area (Å²) in [5.74, 6) is 0.159. The molecule has 0 aromatic heterocycles. The number of rotatable bonds is 0. The lowest BCUT2D eigenvalue weighted by Gasteiger charge is -2.18. The van der Waals surface area contributed by atoms with Gasteiger partial charge in [0.2, 0.25) is 0 Å². The molecule has 0 aliphatic carbocycles. The van der Waals surface area contributed by atoms with E-state index in [2.05, 4.69) is 18.0 Å². The van der Waals surface area contributed by atoms with Crippen LogP contribution in [0.15, 0.2) is 12.2 Å². The summed E-state index contributed by atoms with van der Waals surface area (Å²) in [5.41, 5.74) is 1.15. The maximum absolute atomic E-state index is 8.48. The summed E-state index contributed by atoms with van der Waals surface area (Å²) in [7, 11) is 0. The second kappa shape index (κ2) is 2.65. The van der Waals surface area contributed by atoms with Crippen LogP contribution >= 0.6 is 0 Å². The summed E-state index contributed by atoms with van der Waals surface area (Å²) in [4.78, 5) is 0. The smallest absolute Gasteiger partial charge is 0.0672 e. The van der Waals surface area contributed by atoms with E-state index in [-0.39, 0.29) is 5.92 Å². The Balaban J connectivity index is 2.43. The first-order valence-corrected chi connectivity index (χ1v) is 3.10. The molecule has 1 rings (SSSR count). The van der Waals surface area contributed by atoms with Gasteiger partial charge in [-0.15, -0.1) is 0 Å². The van der Waals surface area contributed by atoms with E-state index in [9.17, 15) is 0 Å². The second-order valence-corrected chi connectivity index (χ2v) is 2.41. The lowest BCUT2D eigenvalue weighted by Crippen LogP contribution is -2.30. The Bertz CT molecular complexity index is 155. The number of nitrogens with zero attached hydrogens (tertiary/aromatic N) is 1. The van der Waals surface area contributed by atoms with E-state index in [1.165, 1.54) is 0 Å². The zero-order chi connectivity index (χ0) is 6.69. The van der Waals surface area contributed by atoms with Gasteiger partial charge in [0.15, 0.2) is 0 Å². The van der Waals surface area contributed by atoms with Gasteiger partial charge in [-0.25, -0.2) is 0 Å². The van der Waals surface area contributed by atoms with Gasteiger partial charge < -0.3 is 5.32 Å². The van der Waals surface area contributed by atoms with Gasteiger partial charge in [-0.05, 0) is 6.42 Å². The molecule has 0 radical (unpaired) electrons. The van der Waals surface area contributed by atoms with Crippen LogP contribution in [0.4, 0.5) is 0 Å². The van der Waals surface area contributed by atoms with Gasteiger partial charge in [-0.3, -0.25) is 0 Å². The first kappa shape index (κ1) is 6.31. The Morgan fingerprint density at radius 2 is 2.56 bits per heavy atom. The maximum Gasteiger partial charge on any atom is 0.0672 e. The normalized spacial score (nSPS) is 27.4. The molecule has 2 nitrogen and oxygen atoms in total. The van der Waals surface area contributed by atoms with E-state index >= 15 is 0 Å². The third kappa shape index (κ3) is 1.55. The molecular formula is C7H10N2. The zero-order valence-electron chi connectivity index (χ0n) is 5.35. The minimum absolute atomic E-state index is 0.159. The predicted molar refractivity (Wildman–Crippen MR) is 35.7 cm³/mol. The van der Waals surface area contributed by atoms with Crippen molar-refractivity contribution in [2.75, 3.05) is 13.1 Å². The highest BCUT2D eigenvalue weighted by atomic mass is 14.9. The van der Waals surface area contributed by atoms with Gasteiger partial charge in [0, 0.05) is 13.1 Å². The fourth-order valence-electron chi connectivity index (χ4n) is 1.01. The van der Waals surface area contributed by atoms with Gasteiger partial charge >= 0.3 is 0 Å². The molecule has 1 unspecified atom stereocenters. The average molecular weight is 122 g/mol. The van der Waals surface area contributed by atoms with Crippen molar-refractivity contribution in [3.63, 3.8) is 0 Å². The van der Waals surface area contributed by atoms with Crippen molar-refractivity contribution >= 4 is 0 Å². The van der Waals surface area contributed by atoms with Crippen molar-refractivity contribution in [1.29, 1.82) is 5.26 Å². The molecule has 9 heavy (non-hydrogen) atoms. The van der Waals surface area contributed by atoms with E-state index in [0.717, 1.165) is 25.1 Å². The average Bonchev–Trinajstić information content (AvgIpc) is 1.88.